The van der Waals surface area contributed by atoms with Crippen LogP contribution in [0.3, 0.4) is 0 Å². The third-order valence-corrected chi connectivity index (χ3v) is 5.70. The second-order valence-electron chi connectivity index (χ2n) is 8.03. The van der Waals surface area contributed by atoms with Crippen LogP contribution in [0.25, 0.3) is 0 Å². The molecule has 0 radical (unpaired) electrons. The van der Waals surface area contributed by atoms with Crippen LogP contribution in [-0.2, 0) is 30.5 Å². The fourth-order valence-electron chi connectivity index (χ4n) is 4.02. The maximum Gasteiger partial charge on any atom is 0.419 e. The van der Waals surface area contributed by atoms with Gasteiger partial charge in [0, 0.05) is 37.3 Å². The molecule has 2 aliphatic rings. The molecular weight excluding hydrogens is 448 g/mol. The second kappa shape index (κ2) is 8.30. The van der Waals surface area contributed by atoms with Crippen LogP contribution < -0.4 is 11.1 Å². The summed E-state index contributed by atoms with van der Waals surface area (Å²) in [5, 5.41) is 7.99. The van der Waals surface area contributed by atoms with Gasteiger partial charge in [-0.2, -0.15) is 18.3 Å². The molecule has 178 valence electrons. The van der Waals surface area contributed by atoms with Gasteiger partial charge < -0.3 is 16.0 Å². The summed E-state index contributed by atoms with van der Waals surface area (Å²) in [6, 6.07) is 1.21. The Hall–Kier alpha value is -3.19. The van der Waals surface area contributed by atoms with Crippen LogP contribution in [0, 0.1) is 5.82 Å². The number of carbonyl (C=O) groups is 2. The van der Waals surface area contributed by atoms with Crippen molar-refractivity contribution in [1.29, 1.82) is 0 Å². The lowest BCUT2D eigenvalue weighted by Crippen LogP contribution is -2.45. The highest BCUT2D eigenvalue weighted by atomic mass is 19.4. The molecule has 0 spiro atoms. The zero-order chi connectivity index (χ0) is 24.1. The van der Waals surface area contributed by atoms with Gasteiger partial charge in [0.2, 0.25) is 0 Å². The van der Waals surface area contributed by atoms with Gasteiger partial charge in [0.1, 0.15) is 17.6 Å². The molecule has 0 saturated carbocycles. The van der Waals surface area contributed by atoms with E-state index in [0.29, 0.717) is 29.8 Å². The van der Waals surface area contributed by atoms with Crippen molar-refractivity contribution in [3.05, 3.63) is 46.5 Å². The maximum absolute atomic E-state index is 13.6. The number of carbonyl (C=O) groups excluding carboxylic acids is 2. The van der Waals surface area contributed by atoms with E-state index in [2.05, 4.69) is 10.4 Å². The molecule has 4 rings (SSSR count). The molecule has 2 aromatic rings. The van der Waals surface area contributed by atoms with E-state index in [9.17, 15) is 27.2 Å². The van der Waals surface area contributed by atoms with Gasteiger partial charge in [0.15, 0.2) is 0 Å². The van der Waals surface area contributed by atoms with Gasteiger partial charge in [0.05, 0.1) is 24.3 Å². The van der Waals surface area contributed by atoms with E-state index in [0.717, 1.165) is 11.1 Å². The number of anilines is 1. The molecule has 3 amide bonds. The highest BCUT2D eigenvalue weighted by Gasteiger charge is 2.38. The van der Waals surface area contributed by atoms with Gasteiger partial charge >= 0.3 is 12.2 Å². The molecule has 0 bridgehead atoms. The van der Waals surface area contributed by atoms with Crippen molar-refractivity contribution in [3.8, 4) is 0 Å². The predicted octanol–water partition coefficient (Wildman–Crippen LogP) is 2.36. The van der Waals surface area contributed by atoms with Gasteiger partial charge in [-0.15, -0.1) is 0 Å². The number of halogens is 4. The average Bonchev–Trinajstić information content (AvgIpc) is 3.02. The molecule has 0 saturated heterocycles. The van der Waals surface area contributed by atoms with Crippen LogP contribution >= 0.6 is 0 Å². The first-order valence-electron chi connectivity index (χ1n) is 10.2. The molecule has 1 aromatic heterocycles. The van der Waals surface area contributed by atoms with Crippen molar-refractivity contribution in [2.24, 2.45) is 5.73 Å². The second-order valence-corrected chi connectivity index (χ2v) is 8.03. The van der Waals surface area contributed by atoms with Crippen molar-refractivity contribution >= 4 is 17.6 Å². The smallest absolute Gasteiger partial charge is 0.328 e. The third kappa shape index (κ3) is 4.25. The van der Waals surface area contributed by atoms with Crippen LogP contribution in [0.5, 0.6) is 0 Å². The number of hydrogen-bond acceptors (Lipinski definition) is 5. The molecule has 33 heavy (non-hydrogen) atoms. The monoisotopic (exact) mass is 470 g/mol. The zero-order valence-electron chi connectivity index (χ0n) is 17.8. The lowest BCUT2D eigenvalue weighted by molar-refractivity contribution is -0.144. The van der Waals surface area contributed by atoms with E-state index < -0.39 is 35.6 Å². The summed E-state index contributed by atoms with van der Waals surface area (Å²) in [6.07, 6.45) is -5.02. The van der Waals surface area contributed by atoms with Gasteiger partial charge in [-0.1, -0.05) is 0 Å². The first kappa shape index (κ1) is 23.0. The quantitative estimate of drug-likeness (QED) is 0.656. The SMILES string of the molecule is C[C@@H]1Cc2nn3c(c2CN1C(=O)Nc1ccc(F)c(C(F)(F)F)c1)C(=O)N(C)OC(CN)C3. The van der Waals surface area contributed by atoms with E-state index in [1.165, 1.54) is 16.6 Å². The van der Waals surface area contributed by atoms with Crippen molar-refractivity contribution in [2.45, 2.75) is 44.8 Å². The van der Waals surface area contributed by atoms with E-state index in [1.54, 1.807) is 6.92 Å². The lowest BCUT2D eigenvalue weighted by atomic mass is 9.99. The average molecular weight is 470 g/mol. The number of nitrogens with two attached hydrogens (primary N) is 1. The summed E-state index contributed by atoms with van der Waals surface area (Å²) in [5.74, 6) is -1.87. The van der Waals surface area contributed by atoms with E-state index in [-0.39, 0.29) is 37.1 Å². The van der Waals surface area contributed by atoms with E-state index in [1.807, 2.05) is 0 Å². The first-order chi connectivity index (χ1) is 15.5. The highest BCUT2D eigenvalue weighted by molar-refractivity contribution is 5.94. The molecule has 13 heteroatoms. The normalized spacial score (nSPS) is 20.9. The molecule has 1 unspecified atom stereocenters. The molecule has 2 atom stereocenters. The number of urea groups is 1. The topological polar surface area (TPSA) is 106 Å². The number of fused-ring (bicyclic) bond motifs is 3. The molecule has 2 aliphatic heterocycles. The van der Waals surface area contributed by atoms with Crippen molar-refractivity contribution in [3.63, 3.8) is 0 Å². The Labute approximate surface area is 186 Å². The molecule has 0 fully saturated rings. The predicted molar refractivity (Wildman–Crippen MR) is 107 cm³/mol. The minimum atomic E-state index is -4.90. The van der Waals surface area contributed by atoms with Crippen molar-refractivity contribution in [2.75, 3.05) is 18.9 Å². The Morgan fingerprint density at radius 1 is 1.36 bits per heavy atom. The minimum absolute atomic E-state index is 0.0118. The Morgan fingerprint density at radius 3 is 2.76 bits per heavy atom. The summed E-state index contributed by atoms with van der Waals surface area (Å²) in [4.78, 5) is 32.7. The fraction of sp³-hybridized carbons (Fsp3) is 0.450. The van der Waals surface area contributed by atoms with Crippen molar-refractivity contribution in [1.82, 2.24) is 19.7 Å². The summed E-state index contributed by atoms with van der Waals surface area (Å²) in [7, 11) is 1.46. The van der Waals surface area contributed by atoms with Crippen LogP contribution in [-0.4, -0.2) is 57.4 Å². The number of amides is 3. The highest BCUT2D eigenvalue weighted by Crippen LogP contribution is 2.34. The Kier molecular flexibility index (Phi) is 5.78. The van der Waals surface area contributed by atoms with Crippen LogP contribution in [0.1, 0.15) is 34.2 Å². The first-order valence-corrected chi connectivity index (χ1v) is 10.2. The number of rotatable bonds is 2. The number of hydroxylamine groups is 2. The number of hydrogen-bond donors (Lipinski definition) is 2. The van der Waals surface area contributed by atoms with Crippen molar-refractivity contribution < 1.29 is 32.0 Å². The van der Waals surface area contributed by atoms with Crippen LogP contribution in [0.4, 0.5) is 28.0 Å². The lowest BCUT2D eigenvalue weighted by Gasteiger charge is -2.33. The molecule has 9 nitrogen and oxygen atoms in total. The molecule has 3 heterocycles. The Balaban J connectivity index is 1.60. The minimum Gasteiger partial charge on any atom is -0.328 e. The molecule has 3 N–H and O–H groups in total. The zero-order valence-corrected chi connectivity index (χ0v) is 17.8. The molecule has 1 aromatic carbocycles. The van der Waals surface area contributed by atoms with Gasteiger partial charge in [-0.25, -0.2) is 14.2 Å². The van der Waals surface area contributed by atoms with Gasteiger partial charge in [-0.3, -0.25) is 14.3 Å². The number of aromatic nitrogens is 2. The number of alkyl halides is 3. The fourth-order valence-corrected chi connectivity index (χ4v) is 4.02. The number of nitrogens with zero attached hydrogens (tertiary/aromatic N) is 4. The third-order valence-electron chi connectivity index (χ3n) is 5.70. The standard InChI is InChI=1S/C20H22F4N6O3/c1-10-5-16-13(17-18(31)28(2)33-12(7-25)8-30(17)27-16)9-29(10)19(32)26-11-3-4-15(21)14(6-11)20(22,23)24/h3-4,6,10,12H,5,7-9,25H2,1-2H3,(H,26,32)/t10-,12?/m1/s1. The summed E-state index contributed by atoms with van der Waals surface area (Å²) >= 11 is 0. The summed E-state index contributed by atoms with van der Waals surface area (Å²) < 4.78 is 54.1. The molecule has 0 aliphatic carbocycles. The maximum atomic E-state index is 13.6. The van der Waals surface area contributed by atoms with Gasteiger partial charge in [-0.05, 0) is 25.1 Å². The van der Waals surface area contributed by atoms with E-state index >= 15 is 0 Å². The Morgan fingerprint density at radius 2 is 2.09 bits per heavy atom. The number of nitrogens with one attached hydrogen (secondary N) is 1. The van der Waals surface area contributed by atoms with Crippen LogP contribution in [0.2, 0.25) is 0 Å². The van der Waals surface area contributed by atoms with Crippen LogP contribution in [0.15, 0.2) is 18.2 Å². The van der Waals surface area contributed by atoms with E-state index in [4.69, 9.17) is 10.6 Å². The summed E-state index contributed by atoms with van der Waals surface area (Å²) in [5.41, 5.74) is 5.50. The molecular formula is C20H22F4N6O3. The van der Waals surface area contributed by atoms with Gasteiger partial charge in [0.25, 0.3) is 5.91 Å². The largest absolute Gasteiger partial charge is 0.419 e. The number of benzene rings is 1. The Bertz CT molecular complexity index is 1100. The summed E-state index contributed by atoms with van der Waals surface area (Å²) in [6.45, 7) is 2.20.